The van der Waals surface area contributed by atoms with Gasteiger partial charge in [-0.3, -0.25) is 4.90 Å². The Morgan fingerprint density at radius 1 is 1.10 bits per heavy atom. The first-order chi connectivity index (χ1) is 15.2. The average Bonchev–Trinajstić information content (AvgIpc) is 2.80. The van der Waals surface area contributed by atoms with E-state index in [1.807, 2.05) is 18.2 Å². The second kappa shape index (κ2) is 13.0. The van der Waals surface area contributed by atoms with Gasteiger partial charge < -0.3 is 15.0 Å². The van der Waals surface area contributed by atoms with Crippen LogP contribution in [0.4, 0.5) is 5.69 Å². The SMILES string of the molecule is CCCCc1ccc(NC(=S)N(CCCN2CCOCC2)Cc2ccccc2Cl)cc1. The van der Waals surface area contributed by atoms with Gasteiger partial charge in [0.2, 0.25) is 0 Å². The van der Waals surface area contributed by atoms with Crippen molar-refractivity contribution in [1.29, 1.82) is 0 Å². The molecular formula is C25H34ClN3OS. The number of rotatable bonds is 10. The second-order valence-corrected chi connectivity index (χ2v) is 8.85. The molecule has 3 rings (SSSR count). The number of ether oxygens (including phenoxy) is 1. The normalized spacial score (nSPS) is 14.4. The van der Waals surface area contributed by atoms with Crippen LogP contribution in [0.25, 0.3) is 0 Å². The van der Waals surface area contributed by atoms with Gasteiger partial charge in [0.1, 0.15) is 0 Å². The molecule has 2 aromatic rings. The molecule has 0 unspecified atom stereocenters. The highest BCUT2D eigenvalue weighted by Crippen LogP contribution is 2.19. The standard InChI is InChI=1S/C25H34ClN3OS/c1-2-3-7-21-10-12-23(13-11-21)27-25(31)29(20-22-8-4-5-9-24(22)26)15-6-14-28-16-18-30-19-17-28/h4-5,8-13H,2-3,6-7,14-20H2,1H3,(H,27,31). The zero-order valence-corrected chi connectivity index (χ0v) is 20.1. The predicted molar refractivity (Wildman–Crippen MR) is 135 cm³/mol. The number of nitrogens with one attached hydrogen (secondary N) is 1. The van der Waals surface area contributed by atoms with E-state index in [2.05, 4.69) is 52.4 Å². The lowest BCUT2D eigenvalue weighted by atomic mass is 10.1. The van der Waals surface area contributed by atoms with E-state index in [1.165, 1.54) is 18.4 Å². The molecule has 1 heterocycles. The molecule has 0 saturated carbocycles. The minimum Gasteiger partial charge on any atom is -0.379 e. The number of benzene rings is 2. The van der Waals surface area contributed by atoms with Crippen LogP contribution in [0.5, 0.6) is 0 Å². The molecular weight excluding hydrogens is 426 g/mol. The number of hydrogen-bond acceptors (Lipinski definition) is 3. The molecule has 0 aromatic heterocycles. The molecule has 0 bridgehead atoms. The summed E-state index contributed by atoms with van der Waals surface area (Å²) < 4.78 is 5.46. The van der Waals surface area contributed by atoms with E-state index in [4.69, 9.17) is 28.6 Å². The first-order valence-corrected chi connectivity index (χ1v) is 12.1. The first kappa shape index (κ1) is 24.0. The molecule has 0 atom stereocenters. The van der Waals surface area contributed by atoms with Crippen molar-refractivity contribution in [3.8, 4) is 0 Å². The van der Waals surface area contributed by atoms with Crippen LogP contribution < -0.4 is 5.32 Å². The van der Waals surface area contributed by atoms with E-state index in [9.17, 15) is 0 Å². The second-order valence-electron chi connectivity index (χ2n) is 8.05. The van der Waals surface area contributed by atoms with Crippen LogP contribution in [0.1, 0.15) is 37.3 Å². The molecule has 0 amide bonds. The number of hydrogen-bond donors (Lipinski definition) is 1. The molecule has 0 aliphatic carbocycles. The maximum atomic E-state index is 6.44. The highest BCUT2D eigenvalue weighted by Gasteiger charge is 2.15. The Kier molecular flexibility index (Phi) is 10.1. The summed E-state index contributed by atoms with van der Waals surface area (Å²) in [5.74, 6) is 0. The Bertz CT molecular complexity index is 809. The molecule has 0 spiro atoms. The largest absolute Gasteiger partial charge is 0.379 e. The maximum Gasteiger partial charge on any atom is 0.173 e. The molecule has 168 valence electrons. The van der Waals surface area contributed by atoms with Gasteiger partial charge in [-0.15, -0.1) is 0 Å². The summed E-state index contributed by atoms with van der Waals surface area (Å²) in [6, 6.07) is 16.6. The fraction of sp³-hybridized carbons (Fsp3) is 0.480. The predicted octanol–water partition coefficient (Wildman–Crippen LogP) is 5.60. The summed E-state index contributed by atoms with van der Waals surface area (Å²) in [6.45, 7) is 8.54. The number of halogens is 1. The Hall–Kier alpha value is -1.66. The minimum absolute atomic E-state index is 0.698. The lowest BCUT2D eigenvalue weighted by molar-refractivity contribution is 0.0368. The Balaban J connectivity index is 1.61. The fourth-order valence-electron chi connectivity index (χ4n) is 3.73. The van der Waals surface area contributed by atoms with Gasteiger partial charge in [-0.05, 0) is 60.8 Å². The van der Waals surface area contributed by atoms with Crippen molar-refractivity contribution in [3.63, 3.8) is 0 Å². The van der Waals surface area contributed by atoms with Crippen molar-refractivity contribution < 1.29 is 4.74 Å². The van der Waals surface area contributed by atoms with Gasteiger partial charge >= 0.3 is 0 Å². The van der Waals surface area contributed by atoms with Gasteiger partial charge in [-0.1, -0.05) is 55.3 Å². The van der Waals surface area contributed by atoms with Gasteiger partial charge in [-0.2, -0.15) is 0 Å². The number of aryl methyl sites for hydroxylation is 1. The molecule has 6 heteroatoms. The molecule has 4 nitrogen and oxygen atoms in total. The van der Waals surface area contributed by atoms with Crippen LogP contribution in [0, 0.1) is 0 Å². The summed E-state index contributed by atoms with van der Waals surface area (Å²) in [5.41, 5.74) is 3.49. The Morgan fingerprint density at radius 2 is 1.84 bits per heavy atom. The molecule has 0 radical (unpaired) electrons. The highest BCUT2D eigenvalue weighted by atomic mass is 35.5. The van der Waals surface area contributed by atoms with Gasteiger partial charge in [0.15, 0.2) is 5.11 Å². The summed E-state index contributed by atoms with van der Waals surface area (Å²) in [5, 5.41) is 4.95. The maximum absolute atomic E-state index is 6.44. The van der Waals surface area contributed by atoms with Crippen molar-refractivity contribution in [1.82, 2.24) is 9.80 Å². The summed E-state index contributed by atoms with van der Waals surface area (Å²) >= 11 is 12.2. The van der Waals surface area contributed by atoms with Gasteiger partial charge in [0, 0.05) is 43.4 Å². The molecule has 1 aliphatic heterocycles. The Labute approximate surface area is 197 Å². The van der Waals surface area contributed by atoms with Crippen LogP contribution in [0.2, 0.25) is 5.02 Å². The van der Waals surface area contributed by atoms with E-state index in [-0.39, 0.29) is 0 Å². The van der Waals surface area contributed by atoms with Crippen molar-refractivity contribution in [3.05, 3.63) is 64.7 Å². The molecule has 1 N–H and O–H groups in total. The number of thiocarbonyl (C=S) groups is 1. The lowest BCUT2D eigenvalue weighted by Gasteiger charge is -2.30. The fourth-order valence-corrected chi connectivity index (χ4v) is 4.20. The third kappa shape index (κ3) is 8.08. The van der Waals surface area contributed by atoms with Crippen LogP contribution in [0.3, 0.4) is 0 Å². The Morgan fingerprint density at radius 3 is 2.55 bits per heavy atom. The average molecular weight is 460 g/mol. The van der Waals surface area contributed by atoms with Crippen molar-refractivity contribution in [2.45, 2.75) is 39.2 Å². The lowest BCUT2D eigenvalue weighted by Crippen LogP contribution is -2.40. The highest BCUT2D eigenvalue weighted by molar-refractivity contribution is 7.80. The summed E-state index contributed by atoms with van der Waals surface area (Å²) in [6.07, 6.45) is 4.61. The van der Waals surface area contributed by atoms with Crippen molar-refractivity contribution >= 4 is 34.6 Å². The van der Waals surface area contributed by atoms with E-state index in [1.54, 1.807) is 0 Å². The van der Waals surface area contributed by atoms with Crippen LogP contribution in [0.15, 0.2) is 48.5 Å². The number of morpholine rings is 1. The molecule has 1 aliphatic rings. The molecule has 1 saturated heterocycles. The third-order valence-electron chi connectivity index (χ3n) is 5.64. The van der Waals surface area contributed by atoms with Crippen LogP contribution >= 0.6 is 23.8 Å². The van der Waals surface area contributed by atoms with E-state index in [0.29, 0.717) is 6.54 Å². The van der Waals surface area contributed by atoms with Crippen molar-refractivity contribution in [2.24, 2.45) is 0 Å². The number of nitrogens with zero attached hydrogens (tertiary/aromatic N) is 2. The van der Waals surface area contributed by atoms with E-state index in [0.717, 1.165) is 73.6 Å². The van der Waals surface area contributed by atoms with Crippen LogP contribution in [-0.2, 0) is 17.7 Å². The zero-order chi connectivity index (χ0) is 21.9. The summed E-state index contributed by atoms with van der Waals surface area (Å²) in [7, 11) is 0. The van der Waals surface area contributed by atoms with Gasteiger partial charge in [0.25, 0.3) is 0 Å². The molecule has 31 heavy (non-hydrogen) atoms. The molecule has 1 fully saturated rings. The van der Waals surface area contributed by atoms with Crippen molar-refractivity contribution in [2.75, 3.05) is 44.7 Å². The number of anilines is 1. The monoisotopic (exact) mass is 459 g/mol. The van der Waals surface area contributed by atoms with E-state index < -0.39 is 0 Å². The molecule has 2 aromatic carbocycles. The first-order valence-electron chi connectivity index (χ1n) is 11.3. The van der Waals surface area contributed by atoms with Crippen LogP contribution in [-0.4, -0.2) is 54.3 Å². The zero-order valence-electron chi connectivity index (χ0n) is 18.5. The quantitative estimate of drug-likeness (QED) is 0.466. The summed E-state index contributed by atoms with van der Waals surface area (Å²) in [4.78, 5) is 4.69. The third-order valence-corrected chi connectivity index (χ3v) is 6.37. The minimum atomic E-state index is 0.698. The van der Waals surface area contributed by atoms with E-state index >= 15 is 0 Å². The topological polar surface area (TPSA) is 27.7 Å². The van der Waals surface area contributed by atoms with Gasteiger partial charge in [-0.25, -0.2) is 0 Å². The smallest absolute Gasteiger partial charge is 0.173 e. The van der Waals surface area contributed by atoms with Gasteiger partial charge in [0.05, 0.1) is 13.2 Å². The number of unbranched alkanes of at least 4 members (excludes halogenated alkanes) is 1.